The number of rotatable bonds is 8. The van der Waals surface area contributed by atoms with E-state index in [9.17, 15) is 13.2 Å². The monoisotopic (exact) mass is 469 g/mol. The third-order valence-corrected chi connectivity index (χ3v) is 7.01. The van der Waals surface area contributed by atoms with Crippen molar-refractivity contribution in [3.8, 4) is 0 Å². The summed E-state index contributed by atoms with van der Waals surface area (Å²) in [5, 5.41) is 3.14. The Labute approximate surface area is 187 Å². The number of anilines is 1. The molecule has 30 heavy (non-hydrogen) atoms. The molecule has 2 aromatic carbocycles. The Kier molecular flexibility index (Phi) is 7.63. The SMILES string of the molecule is CS(=O)(=O)N(CC(=O)NCc1ccccc1CN1CCCC1)c1cccc(Cl)c1Cl. The Balaban J connectivity index is 1.69. The molecule has 0 spiro atoms. The van der Waals surface area contributed by atoms with E-state index in [4.69, 9.17) is 23.2 Å². The van der Waals surface area contributed by atoms with Gasteiger partial charge < -0.3 is 5.32 Å². The minimum Gasteiger partial charge on any atom is -0.350 e. The van der Waals surface area contributed by atoms with E-state index < -0.39 is 15.9 Å². The topological polar surface area (TPSA) is 69.7 Å². The summed E-state index contributed by atoms with van der Waals surface area (Å²) in [4.78, 5) is 15.0. The van der Waals surface area contributed by atoms with Gasteiger partial charge in [-0.15, -0.1) is 0 Å². The molecule has 6 nitrogen and oxygen atoms in total. The summed E-state index contributed by atoms with van der Waals surface area (Å²) in [6.45, 7) is 2.96. The molecule has 2 aromatic rings. The average Bonchev–Trinajstić information content (AvgIpc) is 3.20. The van der Waals surface area contributed by atoms with Crippen molar-refractivity contribution in [1.29, 1.82) is 0 Å². The second-order valence-corrected chi connectivity index (χ2v) is 10.1. The summed E-state index contributed by atoms with van der Waals surface area (Å²) < 4.78 is 25.5. The number of sulfonamides is 1. The number of amides is 1. The highest BCUT2D eigenvalue weighted by Crippen LogP contribution is 2.33. The largest absolute Gasteiger partial charge is 0.350 e. The standard InChI is InChI=1S/C21H25Cl2N3O3S/c1-30(28,29)26(19-10-6-9-18(22)21(19)23)15-20(27)24-13-16-7-2-3-8-17(16)14-25-11-4-5-12-25/h2-3,6-10H,4-5,11-15H2,1H3,(H,24,27). The van der Waals surface area contributed by atoms with Crippen molar-refractivity contribution in [1.82, 2.24) is 10.2 Å². The van der Waals surface area contributed by atoms with Gasteiger partial charge in [-0.1, -0.05) is 53.5 Å². The minimum atomic E-state index is -3.74. The predicted molar refractivity (Wildman–Crippen MR) is 121 cm³/mol. The Morgan fingerprint density at radius 3 is 2.40 bits per heavy atom. The van der Waals surface area contributed by atoms with Crippen LogP contribution in [-0.4, -0.2) is 45.1 Å². The molecule has 0 atom stereocenters. The first-order valence-electron chi connectivity index (χ1n) is 9.73. The van der Waals surface area contributed by atoms with Crippen LogP contribution in [0.5, 0.6) is 0 Å². The van der Waals surface area contributed by atoms with E-state index in [-0.39, 0.29) is 22.3 Å². The summed E-state index contributed by atoms with van der Waals surface area (Å²) in [5.41, 5.74) is 2.36. The molecular weight excluding hydrogens is 445 g/mol. The van der Waals surface area contributed by atoms with Crippen molar-refractivity contribution in [3.05, 3.63) is 63.6 Å². The Hall–Kier alpha value is -1.80. The van der Waals surface area contributed by atoms with Gasteiger partial charge in [0.05, 0.1) is 22.0 Å². The number of hydrogen-bond acceptors (Lipinski definition) is 4. The summed E-state index contributed by atoms with van der Waals surface area (Å²) in [7, 11) is -3.74. The number of carbonyl (C=O) groups excluding carboxylic acids is 1. The van der Waals surface area contributed by atoms with Gasteiger partial charge in [0.2, 0.25) is 15.9 Å². The molecule has 0 aliphatic carbocycles. The fourth-order valence-electron chi connectivity index (χ4n) is 3.51. The van der Waals surface area contributed by atoms with Gasteiger partial charge in [0.15, 0.2) is 0 Å². The number of nitrogens with zero attached hydrogens (tertiary/aromatic N) is 2. The van der Waals surface area contributed by atoms with Crippen LogP contribution in [0.1, 0.15) is 24.0 Å². The highest BCUT2D eigenvalue weighted by molar-refractivity contribution is 7.92. The fraction of sp³-hybridized carbons (Fsp3) is 0.381. The van der Waals surface area contributed by atoms with Crippen LogP contribution >= 0.6 is 23.2 Å². The summed E-state index contributed by atoms with van der Waals surface area (Å²) in [5.74, 6) is -0.424. The molecule has 9 heteroatoms. The number of likely N-dealkylation sites (tertiary alicyclic amines) is 1. The fourth-order valence-corrected chi connectivity index (χ4v) is 4.82. The van der Waals surface area contributed by atoms with Crippen molar-refractivity contribution < 1.29 is 13.2 Å². The maximum absolute atomic E-state index is 12.6. The first kappa shape index (κ1) is 22.9. The molecule has 1 fully saturated rings. The quantitative estimate of drug-likeness (QED) is 0.639. The van der Waals surface area contributed by atoms with Crippen molar-refractivity contribution in [2.45, 2.75) is 25.9 Å². The van der Waals surface area contributed by atoms with Gasteiger partial charge in [0, 0.05) is 13.1 Å². The van der Waals surface area contributed by atoms with E-state index in [1.807, 2.05) is 18.2 Å². The average molecular weight is 470 g/mol. The zero-order valence-electron chi connectivity index (χ0n) is 16.8. The molecule has 3 rings (SSSR count). The number of hydrogen-bond donors (Lipinski definition) is 1. The van der Waals surface area contributed by atoms with Gasteiger partial charge >= 0.3 is 0 Å². The third kappa shape index (κ3) is 5.88. The van der Waals surface area contributed by atoms with Gasteiger partial charge in [-0.05, 0) is 49.2 Å². The van der Waals surface area contributed by atoms with E-state index >= 15 is 0 Å². The molecule has 1 N–H and O–H groups in total. The minimum absolute atomic E-state index is 0.0911. The van der Waals surface area contributed by atoms with Crippen molar-refractivity contribution in [2.24, 2.45) is 0 Å². The number of nitrogens with one attached hydrogen (secondary N) is 1. The Morgan fingerprint density at radius 2 is 1.73 bits per heavy atom. The van der Waals surface area contributed by atoms with Crippen molar-refractivity contribution in [2.75, 3.05) is 30.2 Å². The summed E-state index contributed by atoms with van der Waals surface area (Å²) in [6.07, 6.45) is 3.46. The summed E-state index contributed by atoms with van der Waals surface area (Å²) >= 11 is 12.2. The molecule has 1 saturated heterocycles. The lowest BCUT2D eigenvalue weighted by molar-refractivity contribution is -0.119. The van der Waals surface area contributed by atoms with Crippen LogP contribution in [0.3, 0.4) is 0 Å². The molecular formula is C21H25Cl2N3O3S. The van der Waals surface area contributed by atoms with Crippen LogP contribution < -0.4 is 9.62 Å². The Bertz CT molecular complexity index is 1010. The normalized spacial score (nSPS) is 14.6. The predicted octanol–water partition coefficient (Wildman–Crippen LogP) is 3.67. The maximum Gasteiger partial charge on any atom is 0.241 e. The van der Waals surface area contributed by atoms with Crippen LogP contribution in [0.15, 0.2) is 42.5 Å². The Morgan fingerprint density at radius 1 is 1.07 bits per heavy atom. The molecule has 1 aliphatic heterocycles. The van der Waals surface area contributed by atoms with E-state index in [0.29, 0.717) is 6.54 Å². The number of benzene rings is 2. The van der Waals surface area contributed by atoms with Crippen LogP contribution in [0.25, 0.3) is 0 Å². The number of carbonyl (C=O) groups is 1. The molecule has 0 aromatic heterocycles. The van der Waals surface area contributed by atoms with Gasteiger partial charge in [0.25, 0.3) is 0 Å². The lowest BCUT2D eigenvalue weighted by Gasteiger charge is -2.23. The van der Waals surface area contributed by atoms with E-state index in [1.165, 1.54) is 18.9 Å². The molecule has 0 bridgehead atoms. The van der Waals surface area contributed by atoms with Gasteiger partial charge in [-0.2, -0.15) is 0 Å². The second-order valence-electron chi connectivity index (χ2n) is 7.37. The lowest BCUT2D eigenvalue weighted by Crippen LogP contribution is -2.40. The second kappa shape index (κ2) is 10.0. The van der Waals surface area contributed by atoms with E-state index in [2.05, 4.69) is 16.3 Å². The van der Waals surface area contributed by atoms with Crippen LogP contribution in [0.4, 0.5) is 5.69 Å². The highest BCUT2D eigenvalue weighted by Gasteiger charge is 2.24. The lowest BCUT2D eigenvalue weighted by atomic mass is 10.1. The molecule has 0 unspecified atom stereocenters. The molecule has 0 radical (unpaired) electrons. The van der Waals surface area contributed by atoms with Gasteiger partial charge in [-0.25, -0.2) is 8.42 Å². The van der Waals surface area contributed by atoms with Crippen LogP contribution in [0.2, 0.25) is 10.0 Å². The molecule has 162 valence electrons. The van der Waals surface area contributed by atoms with Crippen molar-refractivity contribution in [3.63, 3.8) is 0 Å². The molecule has 1 aliphatic rings. The van der Waals surface area contributed by atoms with E-state index in [1.54, 1.807) is 12.1 Å². The summed E-state index contributed by atoms with van der Waals surface area (Å²) in [6, 6.07) is 12.6. The third-order valence-electron chi connectivity index (χ3n) is 5.07. The number of halogens is 2. The highest BCUT2D eigenvalue weighted by atomic mass is 35.5. The zero-order valence-corrected chi connectivity index (χ0v) is 19.1. The molecule has 1 amide bonds. The zero-order chi connectivity index (χ0) is 21.7. The first-order valence-corrected chi connectivity index (χ1v) is 12.3. The molecule has 1 heterocycles. The molecule has 0 saturated carbocycles. The van der Waals surface area contributed by atoms with Gasteiger partial charge in [-0.3, -0.25) is 14.0 Å². The van der Waals surface area contributed by atoms with Crippen molar-refractivity contribution >= 4 is 44.8 Å². The van der Waals surface area contributed by atoms with Crippen LogP contribution in [-0.2, 0) is 27.9 Å². The first-order chi connectivity index (χ1) is 14.3. The maximum atomic E-state index is 12.6. The van der Waals surface area contributed by atoms with Crippen LogP contribution in [0, 0.1) is 0 Å². The van der Waals surface area contributed by atoms with E-state index in [0.717, 1.165) is 41.3 Å². The van der Waals surface area contributed by atoms with Gasteiger partial charge in [0.1, 0.15) is 6.54 Å². The smallest absolute Gasteiger partial charge is 0.241 e.